The first-order chi connectivity index (χ1) is 9.47. The van der Waals surface area contributed by atoms with Crippen LogP contribution in [-0.4, -0.2) is 25.0 Å². The van der Waals surface area contributed by atoms with Crippen LogP contribution in [0.15, 0.2) is 27.1 Å². The van der Waals surface area contributed by atoms with Crippen LogP contribution in [0.25, 0.3) is 0 Å². The van der Waals surface area contributed by atoms with E-state index < -0.39 is 17.9 Å². The molecule has 0 radical (unpaired) electrons. The number of carbonyl (C=O) groups is 2. The molecule has 0 saturated heterocycles. The molecule has 0 aliphatic rings. The Kier molecular flexibility index (Phi) is 6.68. The molecule has 0 spiro atoms. The molecular formula is C13H12Br2N2O3. The molecule has 7 heteroatoms. The van der Waals surface area contributed by atoms with Crippen molar-refractivity contribution in [2.24, 2.45) is 0 Å². The van der Waals surface area contributed by atoms with E-state index >= 15 is 0 Å². The SMILES string of the molecule is COC(=O)[C@@H](CCC#N)NC(=O)c1cc(Br)cc(Br)c1. The molecule has 0 aliphatic heterocycles. The van der Waals surface area contributed by atoms with Gasteiger partial charge in [-0.15, -0.1) is 0 Å². The molecule has 1 atom stereocenters. The zero-order valence-corrected chi connectivity index (χ0v) is 13.8. The van der Waals surface area contributed by atoms with Crippen molar-refractivity contribution < 1.29 is 14.3 Å². The zero-order chi connectivity index (χ0) is 15.1. The third-order valence-electron chi connectivity index (χ3n) is 2.46. The first kappa shape index (κ1) is 16.7. The number of carbonyl (C=O) groups excluding carboxylic acids is 2. The Morgan fingerprint density at radius 2 is 1.95 bits per heavy atom. The minimum Gasteiger partial charge on any atom is -0.467 e. The second-order valence-corrected chi connectivity index (χ2v) is 5.74. The molecule has 1 rings (SSSR count). The van der Waals surface area contributed by atoms with Crippen molar-refractivity contribution in [3.8, 4) is 6.07 Å². The molecule has 5 nitrogen and oxygen atoms in total. The number of ether oxygens (including phenoxy) is 1. The lowest BCUT2D eigenvalue weighted by molar-refractivity contribution is -0.143. The van der Waals surface area contributed by atoms with Crippen LogP contribution in [0.2, 0.25) is 0 Å². The molecule has 1 amide bonds. The highest BCUT2D eigenvalue weighted by Gasteiger charge is 2.22. The Morgan fingerprint density at radius 3 is 2.45 bits per heavy atom. The Morgan fingerprint density at radius 1 is 1.35 bits per heavy atom. The van der Waals surface area contributed by atoms with Crippen LogP contribution in [0, 0.1) is 11.3 Å². The fourth-order valence-electron chi connectivity index (χ4n) is 1.53. The van der Waals surface area contributed by atoms with Gasteiger partial charge in [-0.05, 0) is 24.6 Å². The van der Waals surface area contributed by atoms with Crippen LogP contribution in [0.1, 0.15) is 23.2 Å². The van der Waals surface area contributed by atoms with Gasteiger partial charge in [-0.1, -0.05) is 31.9 Å². The summed E-state index contributed by atoms with van der Waals surface area (Å²) in [4.78, 5) is 23.7. The fourth-order valence-corrected chi connectivity index (χ4v) is 2.82. The van der Waals surface area contributed by atoms with E-state index in [1.165, 1.54) is 7.11 Å². The van der Waals surface area contributed by atoms with Crippen LogP contribution in [-0.2, 0) is 9.53 Å². The Balaban J connectivity index is 2.84. The van der Waals surface area contributed by atoms with Crippen LogP contribution < -0.4 is 5.32 Å². The summed E-state index contributed by atoms with van der Waals surface area (Å²) in [6.45, 7) is 0. The van der Waals surface area contributed by atoms with Crippen LogP contribution in [0.5, 0.6) is 0 Å². The standard InChI is InChI=1S/C13H12Br2N2O3/c1-20-13(19)11(3-2-4-16)17-12(18)8-5-9(14)7-10(15)6-8/h5-7,11H,2-3H2,1H3,(H,17,18)/t11-/m1/s1. The van der Waals surface area contributed by atoms with Gasteiger partial charge in [0.25, 0.3) is 5.91 Å². The van der Waals surface area contributed by atoms with E-state index in [0.29, 0.717) is 5.56 Å². The number of nitrogens with zero attached hydrogens (tertiary/aromatic N) is 1. The zero-order valence-electron chi connectivity index (χ0n) is 10.7. The van der Waals surface area contributed by atoms with Gasteiger partial charge in [0.15, 0.2) is 0 Å². The summed E-state index contributed by atoms with van der Waals surface area (Å²) in [6.07, 6.45) is 0.367. The van der Waals surface area contributed by atoms with Crippen molar-refractivity contribution >= 4 is 43.7 Å². The van der Waals surface area contributed by atoms with E-state index in [1.807, 2.05) is 6.07 Å². The van der Waals surface area contributed by atoms with E-state index in [9.17, 15) is 9.59 Å². The molecule has 0 fully saturated rings. The molecule has 0 aromatic heterocycles. The molecule has 0 bridgehead atoms. The average molecular weight is 404 g/mol. The maximum atomic E-state index is 12.1. The molecule has 20 heavy (non-hydrogen) atoms. The Labute approximate surface area is 133 Å². The Bertz CT molecular complexity index is 535. The molecule has 0 unspecified atom stereocenters. The smallest absolute Gasteiger partial charge is 0.328 e. The van der Waals surface area contributed by atoms with E-state index in [2.05, 4.69) is 41.9 Å². The monoisotopic (exact) mass is 402 g/mol. The molecule has 0 heterocycles. The number of esters is 1. The van der Waals surface area contributed by atoms with E-state index in [0.717, 1.165) is 8.95 Å². The largest absolute Gasteiger partial charge is 0.467 e. The van der Waals surface area contributed by atoms with Gasteiger partial charge in [0.05, 0.1) is 13.2 Å². The average Bonchev–Trinajstić information content (AvgIpc) is 2.41. The number of amides is 1. The summed E-state index contributed by atoms with van der Waals surface area (Å²) in [5.41, 5.74) is 0.400. The first-order valence-corrected chi connectivity index (χ1v) is 7.28. The fraction of sp³-hybridized carbons (Fsp3) is 0.308. The van der Waals surface area contributed by atoms with Crippen molar-refractivity contribution in [3.05, 3.63) is 32.7 Å². The highest BCUT2D eigenvalue weighted by atomic mass is 79.9. The molecule has 106 valence electrons. The third kappa shape index (κ3) is 4.94. The predicted octanol–water partition coefficient (Wildman–Crippen LogP) is 2.79. The van der Waals surface area contributed by atoms with Gasteiger partial charge in [-0.2, -0.15) is 5.26 Å². The van der Waals surface area contributed by atoms with Crippen LogP contribution >= 0.6 is 31.9 Å². The minimum absolute atomic E-state index is 0.155. The summed E-state index contributed by atoms with van der Waals surface area (Å²) in [7, 11) is 1.24. The molecule has 0 saturated carbocycles. The van der Waals surface area contributed by atoms with Crippen molar-refractivity contribution in [2.75, 3.05) is 7.11 Å². The minimum atomic E-state index is -0.829. The second-order valence-electron chi connectivity index (χ2n) is 3.90. The topological polar surface area (TPSA) is 79.2 Å². The van der Waals surface area contributed by atoms with Gasteiger partial charge in [0, 0.05) is 20.9 Å². The number of nitriles is 1. The van der Waals surface area contributed by atoms with Gasteiger partial charge in [0.2, 0.25) is 0 Å². The van der Waals surface area contributed by atoms with E-state index in [1.54, 1.807) is 18.2 Å². The van der Waals surface area contributed by atoms with Crippen molar-refractivity contribution in [1.82, 2.24) is 5.32 Å². The maximum Gasteiger partial charge on any atom is 0.328 e. The number of nitrogens with one attached hydrogen (secondary N) is 1. The van der Waals surface area contributed by atoms with Crippen LogP contribution in [0.3, 0.4) is 0 Å². The maximum absolute atomic E-state index is 12.1. The highest BCUT2D eigenvalue weighted by Crippen LogP contribution is 2.20. The number of halogens is 2. The van der Waals surface area contributed by atoms with E-state index in [-0.39, 0.29) is 12.8 Å². The van der Waals surface area contributed by atoms with Gasteiger partial charge < -0.3 is 10.1 Å². The summed E-state index contributed by atoms with van der Waals surface area (Å²) in [5, 5.41) is 11.1. The highest BCUT2D eigenvalue weighted by molar-refractivity contribution is 9.11. The van der Waals surface area contributed by atoms with Gasteiger partial charge >= 0.3 is 5.97 Å². The predicted molar refractivity (Wildman–Crippen MR) is 80.0 cm³/mol. The molecule has 1 aromatic carbocycles. The number of rotatable bonds is 5. The second kappa shape index (κ2) is 8.02. The Hall–Kier alpha value is -1.39. The lowest BCUT2D eigenvalue weighted by atomic mass is 10.1. The summed E-state index contributed by atoms with van der Waals surface area (Å²) in [5.74, 6) is -0.969. The summed E-state index contributed by atoms with van der Waals surface area (Å²) < 4.78 is 6.09. The number of benzene rings is 1. The quantitative estimate of drug-likeness (QED) is 0.766. The number of hydrogen-bond acceptors (Lipinski definition) is 4. The summed E-state index contributed by atoms with van der Waals surface area (Å²) >= 11 is 6.57. The number of methoxy groups -OCH3 is 1. The molecule has 0 aliphatic carbocycles. The lowest BCUT2D eigenvalue weighted by Crippen LogP contribution is -2.41. The van der Waals surface area contributed by atoms with E-state index in [4.69, 9.17) is 5.26 Å². The molecular weight excluding hydrogens is 392 g/mol. The molecule has 1 N–H and O–H groups in total. The number of hydrogen-bond donors (Lipinski definition) is 1. The van der Waals surface area contributed by atoms with Crippen molar-refractivity contribution in [2.45, 2.75) is 18.9 Å². The lowest BCUT2D eigenvalue weighted by Gasteiger charge is -2.15. The van der Waals surface area contributed by atoms with Gasteiger partial charge in [0.1, 0.15) is 6.04 Å². The van der Waals surface area contributed by atoms with Crippen molar-refractivity contribution in [1.29, 1.82) is 5.26 Å². The first-order valence-electron chi connectivity index (χ1n) is 5.69. The molecule has 1 aromatic rings. The van der Waals surface area contributed by atoms with Gasteiger partial charge in [-0.25, -0.2) is 4.79 Å². The summed E-state index contributed by atoms with van der Waals surface area (Å²) in [6, 6.07) is 6.18. The third-order valence-corrected chi connectivity index (χ3v) is 3.38. The van der Waals surface area contributed by atoms with Crippen LogP contribution in [0.4, 0.5) is 0 Å². The normalized spacial score (nSPS) is 11.3. The van der Waals surface area contributed by atoms with Gasteiger partial charge in [-0.3, -0.25) is 4.79 Å². The van der Waals surface area contributed by atoms with Crippen molar-refractivity contribution in [3.63, 3.8) is 0 Å².